The highest BCUT2D eigenvalue weighted by molar-refractivity contribution is 9.10. The van der Waals surface area contributed by atoms with Gasteiger partial charge < -0.3 is 4.74 Å². The van der Waals surface area contributed by atoms with Gasteiger partial charge in [0.15, 0.2) is 5.69 Å². The van der Waals surface area contributed by atoms with Crippen LogP contribution in [0.2, 0.25) is 0 Å². The van der Waals surface area contributed by atoms with Gasteiger partial charge >= 0.3 is 5.97 Å². The SMILES string of the molecule is O=C(OCc1ccc(Br)cc1)c1n[nH]c2ccccc12. The molecule has 20 heavy (non-hydrogen) atoms. The first-order chi connectivity index (χ1) is 9.74. The number of hydrogen-bond donors (Lipinski definition) is 1. The number of rotatable bonds is 3. The van der Waals surface area contributed by atoms with E-state index in [2.05, 4.69) is 26.1 Å². The van der Waals surface area contributed by atoms with E-state index in [1.165, 1.54) is 0 Å². The minimum absolute atomic E-state index is 0.229. The van der Waals surface area contributed by atoms with Crippen LogP contribution in [0.5, 0.6) is 0 Å². The summed E-state index contributed by atoms with van der Waals surface area (Å²) in [6, 6.07) is 15.1. The van der Waals surface area contributed by atoms with E-state index in [-0.39, 0.29) is 6.61 Å². The van der Waals surface area contributed by atoms with Crippen LogP contribution < -0.4 is 0 Å². The average molecular weight is 331 g/mol. The molecule has 0 saturated carbocycles. The van der Waals surface area contributed by atoms with Crippen LogP contribution in [0.15, 0.2) is 53.0 Å². The van der Waals surface area contributed by atoms with Gasteiger partial charge in [0.25, 0.3) is 0 Å². The highest BCUT2D eigenvalue weighted by Crippen LogP contribution is 2.17. The van der Waals surface area contributed by atoms with Crippen molar-refractivity contribution in [1.29, 1.82) is 0 Å². The molecule has 0 unspecified atom stereocenters. The minimum Gasteiger partial charge on any atom is -0.456 e. The highest BCUT2D eigenvalue weighted by atomic mass is 79.9. The second kappa shape index (κ2) is 5.46. The first kappa shape index (κ1) is 12.9. The number of fused-ring (bicyclic) bond motifs is 1. The van der Waals surface area contributed by atoms with Crippen molar-refractivity contribution in [3.63, 3.8) is 0 Å². The lowest BCUT2D eigenvalue weighted by atomic mass is 10.2. The molecular formula is C15H11BrN2O2. The lowest BCUT2D eigenvalue weighted by Gasteiger charge is -2.03. The van der Waals surface area contributed by atoms with Gasteiger partial charge in [-0.25, -0.2) is 4.79 Å². The maximum absolute atomic E-state index is 12.0. The van der Waals surface area contributed by atoms with Crippen LogP contribution in [-0.2, 0) is 11.3 Å². The molecule has 3 rings (SSSR count). The van der Waals surface area contributed by atoms with Crippen molar-refractivity contribution in [2.75, 3.05) is 0 Å². The molecule has 100 valence electrons. The third-order valence-electron chi connectivity index (χ3n) is 2.95. The molecule has 0 radical (unpaired) electrons. The molecular weight excluding hydrogens is 320 g/mol. The normalized spacial score (nSPS) is 10.7. The van der Waals surface area contributed by atoms with Gasteiger partial charge in [0, 0.05) is 9.86 Å². The van der Waals surface area contributed by atoms with Crippen LogP contribution in [0.1, 0.15) is 16.1 Å². The maximum Gasteiger partial charge on any atom is 0.359 e. The van der Waals surface area contributed by atoms with E-state index < -0.39 is 5.97 Å². The van der Waals surface area contributed by atoms with Crippen molar-refractivity contribution in [3.8, 4) is 0 Å². The first-order valence-corrected chi connectivity index (χ1v) is 6.88. The van der Waals surface area contributed by atoms with Crippen LogP contribution in [-0.4, -0.2) is 16.2 Å². The number of hydrogen-bond acceptors (Lipinski definition) is 3. The summed E-state index contributed by atoms with van der Waals surface area (Å²) >= 11 is 3.36. The summed E-state index contributed by atoms with van der Waals surface area (Å²) in [6.45, 7) is 0.229. The standard InChI is InChI=1S/C15H11BrN2O2/c16-11-7-5-10(6-8-11)9-20-15(19)14-12-3-1-2-4-13(12)17-18-14/h1-8H,9H2,(H,17,18). The van der Waals surface area contributed by atoms with Gasteiger partial charge in [-0.1, -0.05) is 46.3 Å². The van der Waals surface area contributed by atoms with Crippen molar-refractivity contribution in [2.45, 2.75) is 6.61 Å². The summed E-state index contributed by atoms with van der Waals surface area (Å²) in [7, 11) is 0. The number of nitrogens with one attached hydrogen (secondary N) is 1. The number of nitrogens with zero attached hydrogens (tertiary/aromatic N) is 1. The third-order valence-corrected chi connectivity index (χ3v) is 3.48. The zero-order valence-corrected chi connectivity index (χ0v) is 12.1. The second-order valence-electron chi connectivity index (χ2n) is 4.32. The van der Waals surface area contributed by atoms with E-state index >= 15 is 0 Å². The number of para-hydroxylation sites is 1. The summed E-state index contributed by atoms with van der Waals surface area (Å²) < 4.78 is 6.28. The van der Waals surface area contributed by atoms with Gasteiger partial charge in [0.05, 0.1) is 5.52 Å². The van der Waals surface area contributed by atoms with E-state index in [1.807, 2.05) is 48.5 Å². The zero-order chi connectivity index (χ0) is 13.9. The first-order valence-electron chi connectivity index (χ1n) is 6.09. The predicted octanol–water partition coefficient (Wildman–Crippen LogP) is 3.68. The average Bonchev–Trinajstić information content (AvgIpc) is 2.90. The van der Waals surface area contributed by atoms with Crippen LogP contribution in [0.4, 0.5) is 0 Å². The molecule has 0 aliphatic heterocycles. The highest BCUT2D eigenvalue weighted by Gasteiger charge is 2.15. The van der Waals surface area contributed by atoms with Crippen molar-refractivity contribution in [1.82, 2.24) is 10.2 Å². The van der Waals surface area contributed by atoms with Gasteiger partial charge in [0.1, 0.15) is 6.61 Å². The Bertz CT molecular complexity index is 750. The molecule has 0 bridgehead atoms. The Morgan fingerprint density at radius 2 is 1.90 bits per heavy atom. The number of aromatic nitrogens is 2. The Labute approximate surface area is 123 Å². The van der Waals surface area contributed by atoms with E-state index in [0.29, 0.717) is 5.69 Å². The molecule has 1 N–H and O–H groups in total. The zero-order valence-electron chi connectivity index (χ0n) is 10.5. The van der Waals surface area contributed by atoms with Crippen molar-refractivity contribution >= 4 is 32.8 Å². The number of benzene rings is 2. The summed E-state index contributed by atoms with van der Waals surface area (Å²) in [5.41, 5.74) is 2.07. The lowest BCUT2D eigenvalue weighted by Crippen LogP contribution is -2.06. The molecule has 5 heteroatoms. The molecule has 0 fully saturated rings. The lowest BCUT2D eigenvalue weighted by molar-refractivity contribution is 0.0468. The second-order valence-corrected chi connectivity index (χ2v) is 5.24. The smallest absolute Gasteiger partial charge is 0.359 e. The van der Waals surface area contributed by atoms with Gasteiger partial charge in [-0.05, 0) is 23.8 Å². The molecule has 2 aromatic carbocycles. The number of H-pyrrole nitrogens is 1. The Hall–Kier alpha value is -2.14. The van der Waals surface area contributed by atoms with Crippen molar-refractivity contribution < 1.29 is 9.53 Å². The van der Waals surface area contributed by atoms with E-state index in [1.54, 1.807) is 0 Å². The van der Waals surface area contributed by atoms with Crippen LogP contribution >= 0.6 is 15.9 Å². The summed E-state index contributed by atoms with van der Waals surface area (Å²) in [5.74, 6) is -0.426. The fourth-order valence-electron chi connectivity index (χ4n) is 1.92. The molecule has 0 atom stereocenters. The molecule has 3 aromatic rings. The van der Waals surface area contributed by atoms with Crippen LogP contribution in [0, 0.1) is 0 Å². The topological polar surface area (TPSA) is 55.0 Å². The maximum atomic E-state index is 12.0. The Kier molecular flexibility index (Phi) is 3.52. The van der Waals surface area contributed by atoms with E-state index in [9.17, 15) is 4.79 Å². The number of carbonyl (C=O) groups is 1. The number of aromatic amines is 1. The Morgan fingerprint density at radius 3 is 2.70 bits per heavy atom. The third kappa shape index (κ3) is 2.58. The molecule has 0 aliphatic rings. The summed E-state index contributed by atoms with van der Waals surface area (Å²) in [6.07, 6.45) is 0. The van der Waals surface area contributed by atoms with Gasteiger partial charge in [-0.2, -0.15) is 5.10 Å². The predicted molar refractivity (Wildman–Crippen MR) is 79.4 cm³/mol. The minimum atomic E-state index is -0.426. The molecule has 0 spiro atoms. The monoisotopic (exact) mass is 330 g/mol. The Morgan fingerprint density at radius 1 is 1.15 bits per heavy atom. The molecule has 0 saturated heterocycles. The molecule has 0 amide bonds. The summed E-state index contributed by atoms with van der Waals surface area (Å²) in [4.78, 5) is 12.0. The van der Waals surface area contributed by atoms with Crippen molar-refractivity contribution in [3.05, 3.63) is 64.3 Å². The number of ether oxygens (including phenoxy) is 1. The van der Waals surface area contributed by atoms with Crippen LogP contribution in [0.3, 0.4) is 0 Å². The van der Waals surface area contributed by atoms with Gasteiger partial charge in [-0.15, -0.1) is 0 Å². The van der Waals surface area contributed by atoms with E-state index in [4.69, 9.17) is 4.74 Å². The van der Waals surface area contributed by atoms with Crippen LogP contribution in [0.25, 0.3) is 10.9 Å². The largest absolute Gasteiger partial charge is 0.456 e. The Balaban J connectivity index is 1.75. The number of carbonyl (C=O) groups excluding carboxylic acids is 1. The van der Waals surface area contributed by atoms with Gasteiger partial charge in [0.2, 0.25) is 0 Å². The molecule has 1 aromatic heterocycles. The molecule has 4 nitrogen and oxygen atoms in total. The molecule has 0 aliphatic carbocycles. The van der Waals surface area contributed by atoms with Gasteiger partial charge in [-0.3, -0.25) is 5.10 Å². The number of halogens is 1. The fourth-order valence-corrected chi connectivity index (χ4v) is 2.18. The summed E-state index contributed by atoms with van der Waals surface area (Å²) in [5, 5.41) is 7.60. The fraction of sp³-hybridized carbons (Fsp3) is 0.0667. The molecule has 1 heterocycles. The quantitative estimate of drug-likeness (QED) is 0.745. The van der Waals surface area contributed by atoms with E-state index in [0.717, 1.165) is 20.9 Å². The number of esters is 1. The van der Waals surface area contributed by atoms with Crippen molar-refractivity contribution in [2.24, 2.45) is 0 Å².